The smallest absolute Gasteiger partial charge is 0.311 e. The highest BCUT2D eigenvalue weighted by Crippen LogP contribution is 2.75. The van der Waals surface area contributed by atoms with Crippen LogP contribution in [0.1, 0.15) is 114 Å². The van der Waals surface area contributed by atoms with E-state index in [1.54, 1.807) is 0 Å². The molecule has 5 aliphatic carbocycles. The summed E-state index contributed by atoms with van der Waals surface area (Å²) in [4.78, 5) is 15.6. The van der Waals surface area contributed by atoms with Crippen molar-refractivity contribution < 1.29 is 188 Å². The number of carbonyl (C=O) groups is 1. The van der Waals surface area contributed by atoms with Crippen molar-refractivity contribution in [2.24, 2.45) is 56.7 Å². The molecule has 0 aromatic heterocycles. The molecule has 13 aliphatic rings. The van der Waals surface area contributed by atoms with E-state index in [0.717, 1.165) is 5.57 Å². The topological polar surface area (TPSA) is 590 Å². The Morgan fingerprint density at radius 1 is 0.411 bits per heavy atom. The molecular weight excluding hydrogens is 1500 g/mol. The first kappa shape index (κ1) is 87.6. The average Bonchev–Trinajstić information content (AvgIpc) is 0.675. The summed E-state index contributed by atoms with van der Waals surface area (Å²) in [6.07, 6.45) is -55.5. The van der Waals surface area contributed by atoms with E-state index < -0.39 is 313 Å². The fourth-order valence-electron chi connectivity index (χ4n) is 21.3. The molecule has 0 spiro atoms. The Labute approximate surface area is 646 Å². The number of carbonyl (C=O) groups excluding carboxylic acids is 1. The van der Waals surface area contributed by atoms with Gasteiger partial charge in [0.15, 0.2) is 50.1 Å². The summed E-state index contributed by atoms with van der Waals surface area (Å²) >= 11 is 0. The molecule has 21 N–H and O–H groups in total. The minimum Gasteiger partial charge on any atom is -0.432 e. The highest BCUT2D eigenvalue weighted by atomic mass is 16.8. The number of ether oxygens (including phenoxy) is 16. The SMILES string of the molecule is C[C@H]1O[C@@H](OC[C@H]2O[C@@H](OC(=O)[C@@H]3CC(C)(C)CC4C5=CCC6[C@@]7(C)CC[C@H](O[C@@H]8O[C@H](CO[C@@H]9OC[C@H](O)[C@@H](O)[C@H]9O[C@@H]9OC[C@H](O)[C@@H](O)[C@H]9O)[C@@H](O)[C@@H](O)[C@H]8O)C(C)(C)C7CC[C@@]6(C)[C@]5(C)C[C@@H](O)C43)[C@H](O[C@@H]3O[C@H](C)[C@H](O[C@@H]4OC[C@H](O)[C@@H](O[C@@H]5OC[C@H](O)[C@@H](O)[C@H]5O)[C@H]4O)[C@@H](O)[C@H]3O)[C@H](O)[C@@H]2O)[C@H](O)[C@H](O)[C@H]1O. The van der Waals surface area contributed by atoms with Gasteiger partial charge in [-0.2, -0.15) is 0 Å². The number of rotatable bonds is 18. The van der Waals surface area contributed by atoms with E-state index >= 15 is 4.79 Å². The maximum atomic E-state index is 15.6. The molecule has 8 aliphatic heterocycles. The molecule has 12 fully saturated rings. The molecule has 8 heterocycles. The molecule has 0 bridgehead atoms. The van der Waals surface area contributed by atoms with Crippen molar-refractivity contribution in [2.75, 3.05) is 39.6 Å². The highest BCUT2D eigenvalue weighted by Gasteiger charge is 2.70. The van der Waals surface area contributed by atoms with Crippen LogP contribution in [0.3, 0.4) is 0 Å². The van der Waals surface area contributed by atoms with Crippen LogP contribution in [0.2, 0.25) is 0 Å². The third-order valence-electron chi connectivity index (χ3n) is 27.9. The summed E-state index contributed by atoms with van der Waals surface area (Å²) in [5, 5.41) is 232. The van der Waals surface area contributed by atoms with Crippen LogP contribution in [0.15, 0.2) is 11.6 Å². The number of aliphatic hydroxyl groups excluding tert-OH is 21. The minimum absolute atomic E-state index is 0.00259. The fourth-order valence-corrected chi connectivity index (χ4v) is 21.3. The van der Waals surface area contributed by atoms with Gasteiger partial charge in [0.1, 0.15) is 153 Å². The first-order chi connectivity index (χ1) is 52.5. The predicted octanol–water partition coefficient (Wildman–Crippen LogP) is -7.30. The second-order valence-electron chi connectivity index (χ2n) is 35.9. The van der Waals surface area contributed by atoms with Crippen LogP contribution in [-0.4, -0.2) is 386 Å². The van der Waals surface area contributed by atoms with Gasteiger partial charge in [-0.15, -0.1) is 0 Å². The van der Waals surface area contributed by atoms with Crippen molar-refractivity contribution >= 4 is 5.97 Å². The Morgan fingerprint density at radius 3 is 1.52 bits per heavy atom. The Hall–Kier alpha value is -2.23. The molecule has 38 nitrogen and oxygen atoms in total. The monoisotopic (exact) mass is 1620 g/mol. The van der Waals surface area contributed by atoms with Gasteiger partial charge in [-0.3, -0.25) is 4.79 Å². The molecule has 8 saturated heterocycles. The summed E-state index contributed by atoms with van der Waals surface area (Å²) < 4.78 is 94.7. The van der Waals surface area contributed by atoms with E-state index in [1.807, 2.05) is 13.8 Å². The van der Waals surface area contributed by atoms with Crippen LogP contribution in [0.4, 0.5) is 0 Å². The van der Waals surface area contributed by atoms with Crippen LogP contribution in [0, 0.1) is 56.7 Å². The molecular formula is C74H120O38. The zero-order valence-electron chi connectivity index (χ0n) is 64.1. The van der Waals surface area contributed by atoms with E-state index in [0.29, 0.717) is 38.5 Å². The molecule has 0 radical (unpaired) electrons. The van der Waals surface area contributed by atoms with Crippen molar-refractivity contribution in [3.05, 3.63) is 11.6 Å². The van der Waals surface area contributed by atoms with Gasteiger partial charge in [0, 0.05) is 5.92 Å². The Morgan fingerprint density at radius 2 is 0.884 bits per heavy atom. The lowest BCUT2D eigenvalue weighted by molar-refractivity contribution is -0.381. The van der Waals surface area contributed by atoms with Crippen molar-refractivity contribution in [3.8, 4) is 0 Å². The summed E-state index contributed by atoms with van der Waals surface area (Å²) in [7, 11) is 0. The molecule has 0 aromatic carbocycles. The number of fused-ring (bicyclic) bond motifs is 7. The molecule has 4 saturated carbocycles. The maximum absolute atomic E-state index is 15.6. The van der Waals surface area contributed by atoms with Gasteiger partial charge >= 0.3 is 5.97 Å². The van der Waals surface area contributed by atoms with Gasteiger partial charge in [0.25, 0.3) is 0 Å². The molecule has 0 amide bonds. The third-order valence-corrected chi connectivity index (χ3v) is 27.9. The van der Waals surface area contributed by atoms with Crippen LogP contribution < -0.4 is 0 Å². The molecule has 0 aromatic rings. The number of hydrogen-bond acceptors (Lipinski definition) is 38. The Kier molecular flexibility index (Phi) is 26.3. The summed E-state index contributed by atoms with van der Waals surface area (Å²) in [5.41, 5.74) is -1.52. The van der Waals surface area contributed by atoms with Crippen LogP contribution >= 0.6 is 0 Å². The van der Waals surface area contributed by atoms with Gasteiger partial charge in [-0.25, -0.2) is 0 Å². The van der Waals surface area contributed by atoms with E-state index in [9.17, 15) is 107 Å². The number of aliphatic hydroxyl groups is 21. The molecule has 46 atom stereocenters. The van der Waals surface area contributed by atoms with Gasteiger partial charge in [-0.05, 0) is 110 Å². The summed E-state index contributed by atoms with van der Waals surface area (Å²) in [6, 6.07) is 0. The van der Waals surface area contributed by atoms with Gasteiger partial charge < -0.3 is 183 Å². The van der Waals surface area contributed by atoms with E-state index in [1.165, 1.54) is 13.8 Å². The Bertz CT molecular complexity index is 3200. The fraction of sp³-hybridized carbons (Fsp3) is 0.959. The normalized spacial score (nSPS) is 55.1. The molecule has 13 rings (SSSR count). The summed E-state index contributed by atoms with van der Waals surface area (Å²) in [6.45, 7) is 14.8. The summed E-state index contributed by atoms with van der Waals surface area (Å²) in [5.74, 6) is -3.03. The second-order valence-corrected chi connectivity index (χ2v) is 35.9. The Balaban J connectivity index is 0.696. The van der Waals surface area contributed by atoms with Crippen molar-refractivity contribution in [2.45, 2.75) is 347 Å². The zero-order valence-corrected chi connectivity index (χ0v) is 64.1. The van der Waals surface area contributed by atoms with Crippen LogP contribution in [0.25, 0.3) is 0 Å². The predicted molar refractivity (Wildman–Crippen MR) is 368 cm³/mol. The van der Waals surface area contributed by atoms with Crippen molar-refractivity contribution in [1.29, 1.82) is 0 Å². The quantitative estimate of drug-likeness (QED) is 0.0344. The molecule has 644 valence electrons. The van der Waals surface area contributed by atoms with E-state index in [-0.39, 0.29) is 36.0 Å². The first-order valence-electron chi connectivity index (χ1n) is 39.3. The largest absolute Gasteiger partial charge is 0.432 e. The highest BCUT2D eigenvalue weighted by molar-refractivity contribution is 5.74. The molecule has 112 heavy (non-hydrogen) atoms. The van der Waals surface area contributed by atoms with Gasteiger partial charge in [0.05, 0.1) is 70.0 Å². The lowest BCUT2D eigenvalue weighted by Gasteiger charge is -2.71. The second kappa shape index (κ2) is 33.6. The maximum Gasteiger partial charge on any atom is 0.311 e. The zero-order chi connectivity index (χ0) is 81.4. The van der Waals surface area contributed by atoms with Gasteiger partial charge in [-0.1, -0.05) is 60.1 Å². The van der Waals surface area contributed by atoms with Crippen molar-refractivity contribution in [3.63, 3.8) is 0 Å². The van der Waals surface area contributed by atoms with Crippen LogP contribution in [-0.2, 0) is 80.6 Å². The average molecular weight is 1620 g/mol. The standard InChI is InChI=1S/C74H120O38/c1-25-41(80)47(86)53(92)62(103-25)101-23-36-46(85)49(88)60(111-66-55(94)50(89)57(26(2)104-66)108-65-56(95)58(34(79)22-99-65)109-63-51(90)42(81)31(76)19-97-63)69(106-36)112-61(96)28-17-70(3,4)16-27-29-10-11-38-72(7)14-13-39(71(5,6)37(72)12-15-73(38,8)74(29,9)18-30(75)40(27)28)107-67-54(93)48(87)45(84)35(105-67)24-102-68-59(44(83)33(78)21-100-68)110-64-52(91)43(82)32(77)20-98-64/h10,25-28,30-60,62-69,75-95H,11-24H2,1-9H3/t25-,26-,27?,28-,30-,31+,32+,33+,34+,35-,36-,37?,38?,39+,40?,41+,42-,43-,44-,45-,46-,47-,48-,49-,50+,51-,52-,53-,54-,55-,56-,57+,58-,59-,60-,62-,63+,64+,65+,66+,67+,68+,69+,72+,73-,74-/m1/s1. The van der Waals surface area contributed by atoms with E-state index in [4.69, 9.17) is 75.8 Å². The van der Waals surface area contributed by atoms with Gasteiger partial charge in [0.2, 0.25) is 6.29 Å². The number of allylic oxidation sites excluding steroid dienone is 2. The molecule has 4 unspecified atom stereocenters. The number of hydrogen-bond donors (Lipinski definition) is 21. The van der Waals surface area contributed by atoms with Crippen molar-refractivity contribution in [1.82, 2.24) is 0 Å². The minimum atomic E-state index is -2.10. The molecule has 38 heteroatoms. The lowest BCUT2D eigenvalue weighted by atomic mass is 9.34. The first-order valence-corrected chi connectivity index (χ1v) is 39.3. The number of esters is 1. The third kappa shape index (κ3) is 16.0. The lowest BCUT2D eigenvalue weighted by Crippen LogP contribution is -2.67. The van der Waals surface area contributed by atoms with E-state index in [2.05, 4.69) is 40.7 Å². The van der Waals surface area contributed by atoms with Crippen LogP contribution in [0.5, 0.6) is 0 Å².